The first-order chi connectivity index (χ1) is 41.6. The van der Waals surface area contributed by atoms with Crippen LogP contribution in [0.3, 0.4) is 0 Å². The zero-order valence-corrected chi connectivity index (χ0v) is 53.1. The number of carbonyl (C=O) groups excluding carboxylic acids is 1. The molecule has 0 bridgehead atoms. The maximum atomic E-state index is 13.3. The van der Waals surface area contributed by atoms with Gasteiger partial charge in [-0.3, -0.25) is 4.79 Å². The van der Waals surface area contributed by atoms with Crippen LogP contribution in [-0.4, -0.2) is 140 Å². The lowest BCUT2D eigenvalue weighted by atomic mass is 9.97. The molecule has 14 nitrogen and oxygen atoms in total. The van der Waals surface area contributed by atoms with Gasteiger partial charge in [-0.2, -0.15) is 0 Å². The van der Waals surface area contributed by atoms with E-state index in [0.29, 0.717) is 12.8 Å². The highest BCUT2D eigenvalue weighted by molar-refractivity contribution is 5.76. The van der Waals surface area contributed by atoms with Crippen molar-refractivity contribution >= 4 is 5.91 Å². The van der Waals surface area contributed by atoms with Gasteiger partial charge in [-0.05, 0) is 77.0 Å². The van der Waals surface area contributed by atoms with E-state index >= 15 is 0 Å². The predicted octanol–water partition coefficient (Wildman–Crippen LogP) is 13.4. The summed E-state index contributed by atoms with van der Waals surface area (Å²) in [6.07, 6.45) is 59.9. The van der Waals surface area contributed by atoms with Gasteiger partial charge in [-0.25, -0.2) is 0 Å². The number of carbonyl (C=O) groups is 1. The van der Waals surface area contributed by atoms with Gasteiger partial charge in [0.15, 0.2) is 12.6 Å². The number of unbranched alkanes of at least 4 members (excludes halogenated alkanes) is 25. The third-order valence-corrected chi connectivity index (χ3v) is 16.1. The van der Waals surface area contributed by atoms with Gasteiger partial charge < -0.3 is 65.1 Å². The molecule has 0 aromatic rings. The van der Waals surface area contributed by atoms with Crippen LogP contribution in [0.1, 0.15) is 251 Å². The molecule has 2 fully saturated rings. The van der Waals surface area contributed by atoms with Crippen molar-refractivity contribution in [3.63, 3.8) is 0 Å². The highest BCUT2D eigenvalue weighted by Gasteiger charge is 2.51. The molecule has 490 valence electrons. The Labute approximate surface area is 515 Å². The van der Waals surface area contributed by atoms with Crippen LogP contribution >= 0.6 is 0 Å². The van der Waals surface area contributed by atoms with Crippen LogP contribution in [0.2, 0.25) is 0 Å². The summed E-state index contributed by atoms with van der Waals surface area (Å²) in [6.45, 7) is 2.75. The number of rotatable bonds is 54. The molecule has 0 aromatic carbocycles. The Morgan fingerprint density at radius 1 is 0.435 bits per heavy atom. The fraction of sp³-hybridized carbons (Fsp3) is 0.761. The van der Waals surface area contributed by atoms with Crippen LogP contribution in [0.25, 0.3) is 0 Å². The molecule has 0 spiro atoms. The summed E-state index contributed by atoms with van der Waals surface area (Å²) in [4.78, 5) is 13.3. The van der Waals surface area contributed by atoms with E-state index in [4.69, 9.17) is 18.9 Å². The summed E-state index contributed by atoms with van der Waals surface area (Å²) in [7, 11) is 0. The first kappa shape index (κ1) is 78.0. The average molecular weight is 1200 g/mol. The van der Waals surface area contributed by atoms with Crippen molar-refractivity contribution in [1.29, 1.82) is 0 Å². The SMILES string of the molecule is CC/C=C\C/C=C\C/C=C\C/C=C\C/C=C\C/C=C\C/C=C\C/C=C\CCCCCCCCCCCCCCC(=O)NC(COC1OC(CO)C(OC2OC(CO)C(O)C(O)C2O)C(O)C1O)C(O)CCCCCCCCCCCCCCCC. The van der Waals surface area contributed by atoms with Crippen LogP contribution in [0, 0.1) is 0 Å². The van der Waals surface area contributed by atoms with Gasteiger partial charge >= 0.3 is 0 Å². The van der Waals surface area contributed by atoms with Crippen molar-refractivity contribution in [3.05, 3.63) is 97.2 Å². The smallest absolute Gasteiger partial charge is 0.220 e. The molecular formula is C71H123NO13. The number of amides is 1. The predicted molar refractivity (Wildman–Crippen MR) is 346 cm³/mol. The molecule has 0 radical (unpaired) electrons. The number of hydrogen-bond donors (Lipinski definition) is 9. The molecule has 85 heavy (non-hydrogen) atoms. The Bertz CT molecular complexity index is 1800. The molecule has 2 heterocycles. The van der Waals surface area contributed by atoms with Gasteiger partial charge in [0.2, 0.25) is 5.91 Å². The number of allylic oxidation sites excluding steroid dienone is 16. The van der Waals surface area contributed by atoms with Gasteiger partial charge in [0.1, 0.15) is 48.8 Å². The van der Waals surface area contributed by atoms with Crippen LogP contribution in [0.4, 0.5) is 0 Å². The molecule has 14 heteroatoms. The number of aliphatic hydroxyl groups excluding tert-OH is 8. The van der Waals surface area contributed by atoms with E-state index in [2.05, 4.69) is 116 Å². The number of nitrogens with one attached hydrogen (secondary N) is 1. The maximum Gasteiger partial charge on any atom is 0.220 e. The second-order valence-corrected chi connectivity index (χ2v) is 23.6. The van der Waals surface area contributed by atoms with Crippen molar-refractivity contribution < 1.29 is 64.6 Å². The molecule has 2 aliphatic heterocycles. The zero-order valence-electron chi connectivity index (χ0n) is 53.1. The summed E-state index contributed by atoms with van der Waals surface area (Å²) < 4.78 is 22.9. The molecule has 9 N–H and O–H groups in total. The minimum atomic E-state index is -1.79. The Morgan fingerprint density at radius 2 is 0.812 bits per heavy atom. The molecule has 2 saturated heterocycles. The first-order valence-electron chi connectivity index (χ1n) is 34.0. The summed E-state index contributed by atoms with van der Waals surface area (Å²) in [6, 6.07) is -0.835. The molecule has 2 aliphatic rings. The van der Waals surface area contributed by atoms with Crippen molar-refractivity contribution in [2.24, 2.45) is 0 Å². The minimum absolute atomic E-state index is 0.212. The van der Waals surface area contributed by atoms with E-state index in [1.165, 1.54) is 116 Å². The van der Waals surface area contributed by atoms with Crippen LogP contribution in [0.5, 0.6) is 0 Å². The molecule has 2 rings (SSSR count). The summed E-state index contributed by atoms with van der Waals surface area (Å²) >= 11 is 0. The minimum Gasteiger partial charge on any atom is -0.394 e. The topological polar surface area (TPSA) is 228 Å². The standard InChI is InChI=1S/C71H123NO13/c1-3-5-7-9-11-13-15-17-19-20-21-22-23-24-25-26-27-28-29-30-31-32-33-34-35-36-37-38-39-40-41-43-45-47-49-51-53-55-63(76)72-59(60(75)54-52-50-48-46-44-42-18-16-14-12-10-8-6-4-2)58-82-70-68(81)66(79)69(62(57-74)84-70)85-71-67(80)65(78)64(77)61(56-73)83-71/h5,7,11,13,17,19,21-22,24-25,27-28,30-31,33-34,59-62,64-71,73-75,77-81H,3-4,6,8-10,12,14-16,18,20,23,26,29,32,35-58H2,1-2H3,(H,72,76)/b7-5-,13-11-,19-17-,22-21-,25-24-,28-27-,31-30-,34-33-. The van der Waals surface area contributed by atoms with Gasteiger partial charge in [0, 0.05) is 6.42 Å². The second-order valence-electron chi connectivity index (χ2n) is 23.6. The summed E-state index contributed by atoms with van der Waals surface area (Å²) in [5, 5.41) is 87.4. The van der Waals surface area contributed by atoms with Gasteiger partial charge in [-0.1, -0.05) is 265 Å². The molecule has 0 aromatic heterocycles. The first-order valence-corrected chi connectivity index (χ1v) is 34.0. The normalized spacial score (nSPS) is 24.2. The van der Waals surface area contributed by atoms with Crippen LogP contribution in [0.15, 0.2) is 97.2 Å². The van der Waals surface area contributed by atoms with E-state index in [1.54, 1.807) is 0 Å². The Kier molecular flexibility index (Phi) is 50.5. The Morgan fingerprint density at radius 3 is 1.25 bits per heavy atom. The summed E-state index contributed by atoms with van der Waals surface area (Å²) in [5.41, 5.74) is 0. The maximum absolute atomic E-state index is 13.3. The molecule has 0 aliphatic carbocycles. The molecule has 12 atom stereocenters. The lowest BCUT2D eigenvalue weighted by molar-refractivity contribution is -0.359. The quantitative estimate of drug-likeness (QED) is 0.0204. The zero-order chi connectivity index (χ0) is 61.6. The molecule has 1 amide bonds. The lowest BCUT2D eigenvalue weighted by Gasteiger charge is -2.46. The van der Waals surface area contributed by atoms with Crippen molar-refractivity contribution in [2.45, 2.75) is 325 Å². The fourth-order valence-corrected chi connectivity index (χ4v) is 10.7. The molecular weight excluding hydrogens is 1070 g/mol. The highest BCUT2D eigenvalue weighted by atomic mass is 16.7. The lowest BCUT2D eigenvalue weighted by Crippen LogP contribution is -2.65. The highest BCUT2D eigenvalue weighted by Crippen LogP contribution is 2.30. The fourth-order valence-electron chi connectivity index (χ4n) is 10.7. The van der Waals surface area contributed by atoms with E-state index in [0.717, 1.165) is 109 Å². The Balaban J connectivity index is 1.62. The van der Waals surface area contributed by atoms with Gasteiger partial charge in [0.25, 0.3) is 0 Å². The van der Waals surface area contributed by atoms with E-state index in [-0.39, 0.29) is 12.5 Å². The van der Waals surface area contributed by atoms with Crippen LogP contribution in [-0.2, 0) is 23.7 Å². The third kappa shape index (κ3) is 39.5. The summed E-state index contributed by atoms with van der Waals surface area (Å²) in [5.74, 6) is -0.212. The van der Waals surface area contributed by atoms with Crippen LogP contribution < -0.4 is 5.32 Å². The largest absolute Gasteiger partial charge is 0.394 e. The Hall–Kier alpha value is -3.09. The second kappa shape index (κ2) is 55.0. The van der Waals surface area contributed by atoms with E-state index in [1.807, 2.05) is 0 Å². The van der Waals surface area contributed by atoms with E-state index in [9.17, 15) is 45.6 Å². The van der Waals surface area contributed by atoms with Gasteiger partial charge in [0.05, 0.1) is 32.0 Å². The third-order valence-electron chi connectivity index (χ3n) is 16.1. The van der Waals surface area contributed by atoms with Crippen molar-refractivity contribution in [2.75, 3.05) is 19.8 Å². The van der Waals surface area contributed by atoms with Crippen molar-refractivity contribution in [1.82, 2.24) is 5.32 Å². The van der Waals surface area contributed by atoms with Crippen molar-refractivity contribution in [3.8, 4) is 0 Å². The van der Waals surface area contributed by atoms with Gasteiger partial charge in [-0.15, -0.1) is 0 Å². The number of ether oxygens (including phenoxy) is 4. The molecule has 0 saturated carbocycles. The monoisotopic (exact) mass is 1200 g/mol. The number of hydrogen-bond acceptors (Lipinski definition) is 13. The molecule has 12 unspecified atom stereocenters. The van der Waals surface area contributed by atoms with E-state index < -0.39 is 86.8 Å². The number of aliphatic hydroxyl groups is 8. The average Bonchev–Trinajstić information content (AvgIpc) is 3.65.